The van der Waals surface area contributed by atoms with Crippen LogP contribution in [0, 0.1) is 6.92 Å². The molecule has 0 aliphatic rings. The van der Waals surface area contributed by atoms with Gasteiger partial charge in [-0.1, -0.05) is 64.0 Å². The number of benzene rings is 2. The van der Waals surface area contributed by atoms with Crippen molar-refractivity contribution in [1.29, 1.82) is 0 Å². The largest absolute Gasteiger partial charge is 0.481 e. The molecule has 3 N–H and O–H groups in total. The van der Waals surface area contributed by atoms with Crippen molar-refractivity contribution in [2.75, 3.05) is 5.32 Å². The minimum atomic E-state index is -4.09. The van der Waals surface area contributed by atoms with Gasteiger partial charge in [0.1, 0.15) is 5.69 Å². The third-order valence-electron chi connectivity index (χ3n) is 4.92. The van der Waals surface area contributed by atoms with Crippen LogP contribution in [0.2, 0.25) is 0 Å². The number of pyridine rings is 1. The van der Waals surface area contributed by atoms with Gasteiger partial charge in [0.25, 0.3) is 5.56 Å². The number of aryl methyl sites for hydroxylation is 1. The fourth-order valence-electron chi connectivity index (χ4n) is 3.21. The Kier molecular flexibility index (Phi) is 7.90. The molecule has 0 aliphatic carbocycles. The van der Waals surface area contributed by atoms with E-state index in [1.165, 1.54) is 12.1 Å². The maximum atomic E-state index is 12.9. The molecule has 34 heavy (non-hydrogen) atoms. The number of amides is 2. The molecule has 3 aromatic rings. The van der Waals surface area contributed by atoms with Crippen LogP contribution >= 0.6 is 15.9 Å². The molecule has 0 fully saturated rings. The lowest BCUT2D eigenvalue weighted by Crippen LogP contribution is -2.37. The molecule has 3 rings (SSSR count). The number of nitrogens with one attached hydrogen (secondary N) is 2. The molecular formula is C23H22BrN3O6S. The standard InChI is InChI=1S/C23H22BrN3O6S/c1-15-8-10-16(11-9-15)20(13-21(28)29)26-23(31)25-19-7-4-12-27(22(19)30)34(32,33)14-17-5-2-3-6-18(17)24/h2-12,20H,13-14H2,1H3,(H,28,29)(H2,25,26,31)/t20-/m0/s1. The molecule has 9 nitrogen and oxygen atoms in total. The first-order chi connectivity index (χ1) is 16.1. The molecule has 178 valence electrons. The van der Waals surface area contributed by atoms with Gasteiger partial charge in [0, 0.05) is 10.7 Å². The molecule has 0 aliphatic heterocycles. The Balaban J connectivity index is 1.81. The molecule has 0 saturated carbocycles. The van der Waals surface area contributed by atoms with E-state index in [0.717, 1.165) is 11.8 Å². The molecule has 1 heterocycles. The van der Waals surface area contributed by atoms with Gasteiger partial charge in [-0.3, -0.25) is 9.59 Å². The van der Waals surface area contributed by atoms with Crippen LogP contribution in [0.15, 0.2) is 76.1 Å². The summed E-state index contributed by atoms with van der Waals surface area (Å²) in [5, 5.41) is 14.1. The summed E-state index contributed by atoms with van der Waals surface area (Å²) in [4.78, 5) is 36.7. The van der Waals surface area contributed by atoms with Crippen molar-refractivity contribution in [2.45, 2.75) is 25.1 Å². The first-order valence-electron chi connectivity index (χ1n) is 10.1. The van der Waals surface area contributed by atoms with Gasteiger partial charge in [-0.15, -0.1) is 0 Å². The second-order valence-electron chi connectivity index (χ2n) is 7.53. The molecule has 0 spiro atoms. The van der Waals surface area contributed by atoms with Crippen LogP contribution in [0.25, 0.3) is 0 Å². The number of rotatable bonds is 8. The van der Waals surface area contributed by atoms with E-state index in [1.807, 2.05) is 6.92 Å². The van der Waals surface area contributed by atoms with Crippen LogP contribution in [-0.2, 0) is 20.6 Å². The maximum Gasteiger partial charge on any atom is 0.319 e. The lowest BCUT2D eigenvalue weighted by molar-refractivity contribution is -0.137. The van der Waals surface area contributed by atoms with Crippen LogP contribution < -0.4 is 16.2 Å². The average Bonchev–Trinajstić information content (AvgIpc) is 2.76. The Labute approximate surface area is 204 Å². The molecule has 2 aromatic carbocycles. The summed E-state index contributed by atoms with van der Waals surface area (Å²) in [5.74, 6) is -1.55. The van der Waals surface area contributed by atoms with Gasteiger partial charge in [-0.25, -0.2) is 17.2 Å². The van der Waals surface area contributed by atoms with E-state index < -0.39 is 39.4 Å². The number of carboxylic acids is 1. The van der Waals surface area contributed by atoms with E-state index in [9.17, 15) is 27.9 Å². The molecule has 0 radical (unpaired) electrons. The number of carboxylic acid groups (broad SMARTS) is 1. The second kappa shape index (κ2) is 10.7. The van der Waals surface area contributed by atoms with Gasteiger partial charge in [-0.05, 0) is 36.2 Å². The third-order valence-corrected chi connectivity index (χ3v) is 7.26. The van der Waals surface area contributed by atoms with Crippen molar-refractivity contribution >= 4 is 43.6 Å². The Hall–Kier alpha value is -3.44. The predicted molar refractivity (Wildman–Crippen MR) is 131 cm³/mol. The minimum Gasteiger partial charge on any atom is -0.481 e. The molecule has 1 atom stereocenters. The van der Waals surface area contributed by atoms with Crippen molar-refractivity contribution in [3.63, 3.8) is 0 Å². The highest BCUT2D eigenvalue weighted by atomic mass is 79.9. The van der Waals surface area contributed by atoms with Gasteiger partial charge in [0.2, 0.25) is 10.0 Å². The summed E-state index contributed by atoms with van der Waals surface area (Å²) in [5.41, 5.74) is 0.809. The van der Waals surface area contributed by atoms with E-state index >= 15 is 0 Å². The van der Waals surface area contributed by atoms with Crippen molar-refractivity contribution in [2.24, 2.45) is 0 Å². The van der Waals surface area contributed by atoms with Crippen molar-refractivity contribution in [3.05, 3.63) is 98.4 Å². The first-order valence-corrected chi connectivity index (χ1v) is 12.5. The number of carbonyl (C=O) groups is 2. The minimum absolute atomic E-state index is 0.270. The molecule has 0 saturated heterocycles. The van der Waals surface area contributed by atoms with E-state index in [2.05, 4.69) is 26.6 Å². The van der Waals surface area contributed by atoms with Gasteiger partial charge < -0.3 is 15.7 Å². The van der Waals surface area contributed by atoms with Crippen LogP contribution in [0.4, 0.5) is 10.5 Å². The van der Waals surface area contributed by atoms with Gasteiger partial charge in [0.15, 0.2) is 0 Å². The maximum absolute atomic E-state index is 12.9. The summed E-state index contributed by atoms with van der Waals surface area (Å²) in [6.07, 6.45) is 0.729. The third kappa shape index (κ3) is 6.33. The zero-order valence-corrected chi connectivity index (χ0v) is 20.5. The number of urea groups is 1. The number of halogens is 1. The monoisotopic (exact) mass is 547 g/mol. The highest BCUT2D eigenvalue weighted by Gasteiger charge is 2.21. The first kappa shape index (κ1) is 25.2. The number of hydrogen-bond donors (Lipinski definition) is 3. The Morgan fingerprint density at radius 1 is 1.06 bits per heavy atom. The van der Waals surface area contributed by atoms with E-state index in [4.69, 9.17) is 0 Å². The molecule has 0 unspecified atom stereocenters. The van der Waals surface area contributed by atoms with Crippen LogP contribution in [-0.4, -0.2) is 29.5 Å². The Morgan fingerprint density at radius 2 is 1.74 bits per heavy atom. The second-order valence-corrected chi connectivity index (χ2v) is 10.2. The smallest absolute Gasteiger partial charge is 0.319 e. The molecule has 1 aromatic heterocycles. The highest BCUT2D eigenvalue weighted by Crippen LogP contribution is 2.20. The molecular weight excluding hydrogens is 526 g/mol. The summed E-state index contributed by atoms with van der Waals surface area (Å²) in [6, 6.07) is 14.6. The summed E-state index contributed by atoms with van der Waals surface area (Å²) < 4.78 is 26.9. The highest BCUT2D eigenvalue weighted by molar-refractivity contribution is 9.10. The average molecular weight is 548 g/mol. The summed E-state index contributed by atoms with van der Waals surface area (Å²) in [7, 11) is -4.09. The topological polar surface area (TPSA) is 135 Å². The fourth-order valence-corrected chi connectivity index (χ4v) is 5.21. The SMILES string of the molecule is Cc1ccc([C@H](CC(=O)O)NC(=O)Nc2cccn(S(=O)(=O)Cc3ccccc3Br)c2=O)cc1. The molecule has 2 amide bonds. The predicted octanol–water partition coefficient (Wildman–Crippen LogP) is 3.63. The van der Waals surface area contributed by atoms with Gasteiger partial charge >= 0.3 is 12.0 Å². The van der Waals surface area contributed by atoms with Crippen LogP contribution in [0.1, 0.15) is 29.2 Å². The zero-order valence-electron chi connectivity index (χ0n) is 18.1. The van der Waals surface area contributed by atoms with Crippen LogP contribution in [0.5, 0.6) is 0 Å². The number of anilines is 1. The summed E-state index contributed by atoms with van der Waals surface area (Å²) >= 11 is 3.29. The van der Waals surface area contributed by atoms with Gasteiger partial charge in [-0.2, -0.15) is 0 Å². The number of nitrogens with zero attached hydrogens (tertiary/aromatic N) is 1. The number of aliphatic carboxylic acids is 1. The number of aromatic nitrogens is 1. The van der Waals surface area contributed by atoms with E-state index in [0.29, 0.717) is 19.6 Å². The van der Waals surface area contributed by atoms with Crippen molar-refractivity contribution in [1.82, 2.24) is 9.29 Å². The van der Waals surface area contributed by atoms with Gasteiger partial charge in [0.05, 0.1) is 18.2 Å². The molecule has 11 heteroatoms. The zero-order chi connectivity index (χ0) is 24.9. The van der Waals surface area contributed by atoms with Crippen LogP contribution in [0.3, 0.4) is 0 Å². The fraction of sp³-hybridized carbons (Fsp3) is 0.174. The van der Waals surface area contributed by atoms with E-state index in [-0.39, 0.29) is 12.1 Å². The van der Waals surface area contributed by atoms with Crippen molar-refractivity contribution in [3.8, 4) is 0 Å². The number of hydrogen-bond acceptors (Lipinski definition) is 5. The Morgan fingerprint density at radius 3 is 2.38 bits per heavy atom. The Bertz CT molecular complexity index is 1370. The quantitative estimate of drug-likeness (QED) is 0.394. The summed E-state index contributed by atoms with van der Waals surface area (Å²) in [6.45, 7) is 1.88. The number of carbonyl (C=O) groups excluding carboxylic acids is 1. The molecule has 0 bridgehead atoms. The normalized spacial score (nSPS) is 12.1. The lowest BCUT2D eigenvalue weighted by atomic mass is 10.0. The van der Waals surface area contributed by atoms with Crippen molar-refractivity contribution < 1.29 is 23.1 Å². The lowest BCUT2D eigenvalue weighted by Gasteiger charge is -2.18. The van der Waals surface area contributed by atoms with E-state index in [1.54, 1.807) is 48.5 Å².